The molecule has 2 atom stereocenters. The molecule has 2 unspecified atom stereocenters. The summed E-state index contributed by atoms with van der Waals surface area (Å²) in [4.78, 5) is 26.3. The van der Waals surface area contributed by atoms with Gasteiger partial charge in [0.15, 0.2) is 0 Å². The molecule has 0 N–H and O–H groups in total. The van der Waals surface area contributed by atoms with E-state index in [0.29, 0.717) is 19.6 Å². The Hall–Kier alpha value is -1.10. The number of nitrogens with zero attached hydrogens (tertiary/aromatic N) is 1. The standard InChI is InChI=1S/C16H29NO4/c1-11-9-20-10-12(8-13(18)15(2,3)4)17(11)14(19)21-16(5,6)7/h11-12H,8-10H2,1-7H3. The minimum atomic E-state index is -0.548. The van der Waals surface area contributed by atoms with Crippen LogP contribution in [0.4, 0.5) is 4.79 Å². The summed E-state index contributed by atoms with van der Waals surface area (Å²) in [6, 6.07) is -0.346. The van der Waals surface area contributed by atoms with E-state index in [4.69, 9.17) is 9.47 Å². The van der Waals surface area contributed by atoms with Gasteiger partial charge in [-0.2, -0.15) is 0 Å². The molecule has 0 spiro atoms. The second-order valence-corrected chi connectivity index (χ2v) is 7.81. The van der Waals surface area contributed by atoms with Gasteiger partial charge in [0.25, 0.3) is 0 Å². The fraction of sp³-hybridized carbons (Fsp3) is 0.875. The molecule has 1 fully saturated rings. The Kier molecular flexibility index (Phi) is 5.42. The van der Waals surface area contributed by atoms with Crippen molar-refractivity contribution < 1.29 is 19.1 Å². The average molecular weight is 299 g/mol. The molecule has 1 heterocycles. The number of Topliss-reactive ketones (excluding diaryl/α,β-unsaturated/α-hetero) is 1. The van der Waals surface area contributed by atoms with Crippen molar-refractivity contribution in [2.24, 2.45) is 5.41 Å². The van der Waals surface area contributed by atoms with Crippen LogP contribution in [-0.4, -0.2) is 47.7 Å². The number of carbonyl (C=O) groups is 2. The van der Waals surface area contributed by atoms with Crippen molar-refractivity contribution in [3.63, 3.8) is 0 Å². The first kappa shape index (κ1) is 18.0. The van der Waals surface area contributed by atoms with E-state index in [1.807, 2.05) is 48.5 Å². The Balaban J connectivity index is 2.84. The highest BCUT2D eigenvalue weighted by molar-refractivity contribution is 5.84. The minimum absolute atomic E-state index is 0.0913. The molecular weight excluding hydrogens is 270 g/mol. The molecule has 122 valence electrons. The largest absolute Gasteiger partial charge is 0.444 e. The first-order valence-corrected chi connectivity index (χ1v) is 7.54. The second-order valence-electron chi connectivity index (χ2n) is 7.81. The lowest BCUT2D eigenvalue weighted by molar-refractivity contribution is -0.130. The first-order valence-electron chi connectivity index (χ1n) is 7.54. The van der Waals surface area contributed by atoms with Crippen LogP contribution in [0.3, 0.4) is 0 Å². The van der Waals surface area contributed by atoms with Gasteiger partial charge in [0.2, 0.25) is 0 Å². The van der Waals surface area contributed by atoms with Crippen molar-refractivity contribution in [3.05, 3.63) is 0 Å². The van der Waals surface area contributed by atoms with Crippen LogP contribution in [0.1, 0.15) is 54.9 Å². The number of morpholine rings is 1. The van der Waals surface area contributed by atoms with Crippen molar-refractivity contribution in [2.45, 2.75) is 72.6 Å². The highest BCUT2D eigenvalue weighted by Crippen LogP contribution is 2.24. The topological polar surface area (TPSA) is 55.8 Å². The van der Waals surface area contributed by atoms with Gasteiger partial charge in [-0.25, -0.2) is 4.79 Å². The summed E-state index contributed by atoms with van der Waals surface area (Å²) in [5, 5.41) is 0. The lowest BCUT2D eigenvalue weighted by atomic mass is 9.86. The Morgan fingerprint density at radius 1 is 1.14 bits per heavy atom. The molecule has 1 saturated heterocycles. The molecule has 0 saturated carbocycles. The van der Waals surface area contributed by atoms with Crippen LogP contribution in [0, 0.1) is 5.41 Å². The predicted octanol–water partition coefficient (Wildman–Crippen LogP) is 3.02. The third kappa shape index (κ3) is 5.30. The van der Waals surface area contributed by atoms with Crippen LogP contribution >= 0.6 is 0 Å². The van der Waals surface area contributed by atoms with E-state index in [1.54, 1.807) is 4.90 Å². The molecule has 1 rings (SSSR count). The fourth-order valence-corrected chi connectivity index (χ4v) is 2.22. The zero-order valence-corrected chi connectivity index (χ0v) is 14.4. The van der Waals surface area contributed by atoms with E-state index in [9.17, 15) is 9.59 Å². The molecule has 0 aromatic heterocycles. The van der Waals surface area contributed by atoms with Crippen LogP contribution < -0.4 is 0 Å². The number of amides is 1. The molecule has 0 aliphatic carbocycles. The maximum absolute atomic E-state index is 12.4. The number of ether oxygens (including phenoxy) is 2. The van der Waals surface area contributed by atoms with Crippen molar-refractivity contribution >= 4 is 11.9 Å². The molecule has 5 nitrogen and oxygen atoms in total. The van der Waals surface area contributed by atoms with Crippen LogP contribution in [0.25, 0.3) is 0 Å². The highest BCUT2D eigenvalue weighted by Gasteiger charge is 2.38. The zero-order valence-electron chi connectivity index (χ0n) is 14.4. The molecule has 1 aliphatic heterocycles. The van der Waals surface area contributed by atoms with Gasteiger partial charge < -0.3 is 9.47 Å². The van der Waals surface area contributed by atoms with Crippen LogP contribution in [0.2, 0.25) is 0 Å². The number of hydrogen-bond acceptors (Lipinski definition) is 4. The highest BCUT2D eigenvalue weighted by atomic mass is 16.6. The lowest BCUT2D eigenvalue weighted by Gasteiger charge is -2.41. The van der Waals surface area contributed by atoms with E-state index < -0.39 is 11.0 Å². The number of hydrogen-bond donors (Lipinski definition) is 0. The van der Waals surface area contributed by atoms with Crippen molar-refractivity contribution in [3.8, 4) is 0 Å². The van der Waals surface area contributed by atoms with E-state index in [1.165, 1.54) is 0 Å². The van der Waals surface area contributed by atoms with E-state index in [2.05, 4.69) is 0 Å². The van der Waals surface area contributed by atoms with Crippen LogP contribution in [-0.2, 0) is 14.3 Å². The Bertz CT molecular complexity index is 392. The smallest absolute Gasteiger partial charge is 0.410 e. The average Bonchev–Trinajstić information content (AvgIpc) is 2.24. The molecule has 0 aromatic rings. The fourth-order valence-electron chi connectivity index (χ4n) is 2.22. The molecule has 21 heavy (non-hydrogen) atoms. The lowest BCUT2D eigenvalue weighted by Crippen LogP contribution is -2.56. The number of ketones is 1. The third-order valence-corrected chi connectivity index (χ3v) is 3.40. The summed E-state index contributed by atoms with van der Waals surface area (Å²) in [5.41, 5.74) is -0.964. The summed E-state index contributed by atoms with van der Waals surface area (Å²) in [5.74, 6) is 0.124. The van der Waals surface area contributed by atoms with Gasteiger partial charge in [-0.1, -0.05) is 20.8 Å². The summed E-state index contributed by atoms with van der Waals surface area (Å²) in [7, 11) is 0. The second kappa shape index (κ2) is 6.34. The zero-order chi connectivity index (χ0) is 16.4. The summed E-state index contributed by atoms with van der Waals surface area (Å²) >= 11 is 0. The van der Waals surface area contributed by atoms with Crippen molar-refractivity contribution in [1.29, 1.82) is 0 Å². The van der Waals surface area contributed by atoms with E-state index in [0.717, 1.165) is 0 Å². The summed E-state index contributed by atoms with van der Waals surface area (Å²) in [6.45, 7) is 13.9. The number of rotatable bonds is 2. The minimum Gasteiger partial charge on any atom is -0.444 e. The Morgan fingerprint density at radius 3 is 2.19 bits per heavy atom. The molecule has 0 aromatic carbocycles. The predicted molar refractivity (Wildman–Crippen MR) is 81.2 cm³/mol. The maximum atomic E-state index is 12.4. The van der Waals surface area contributed by atoms with Gasteiger partial charge >= 0.3 is 6.09 Å². The molecule has 0 bridgehead atoms. The van der Waals surface area contributed by atoms with Crippen molar-refractivity contribution in [2.75, 3.05) is 13.2 Å². The quantitative estimate of drug-likeness (QED) is 0.786. The molecule has 1 aliphatic rings. The van der Waals surface area contributed by atoms with Crippen molar-refractivity contribution in [1.82, 2.24) is 4.90 Å². The maximum Gasteiger partial charge on any atom is 0.410 e. The molecule has 5 heteroatoms. The van der Waals surface area contributed by atoms with Gasteiger partial charge in [-0.3, -0.25) is 9.69 Å². The van der Waals surface area contributed by atoms with E-state index >= 15 is 0 Å². The number of carbonyl (C=O) groups excluding carboxylic acids is 2. The molecule has 1 amide bonds. The third-order valence-electron chi connectivity index (χ3n) is 3.40. The first-order chi connectivity index (χ1) is 9.42. The van der Waals surface area contributed by atoms with Gasteiger partial charge in [0.1, 0.15) is 11.4 Å². The van der Waals surface area contributed by atoms with Gasteiger partial charge in [-0.15, -0.1) is 0 Å². The van der Waals surface area contributed by atoms with E-state index in [-0.39, 0.29) is 24.0 Å². The normalized spacial score (nSPS) is 23.9. The summed E-state index contributed by atoms with van der Waals surface area (Å²) < 4.78 is 11.0. The Labute approximate surface area is 128 Å². The molecular formula is C16H29NO4. The van der Waals surface area contributed by atoms with Gasteiger partial charge in [-0.05, 0) is 27.7 Å². The van der Waals surface area contributed by atoms with Crippen LogP contribution in [0.15, 0.2) is 0 Å². The van der Waals surface area contributed by atoms with Crippen LogP contribution in [0.5, 0.6) is 0 Å². The molecule has 0 radical (unpaired) electrons. The van der Waals surface area contributed by atoms with Gasteiger partial charge in [0.05, 0.1) is 25.3 Å². The summed E-state index contributed by atoms with van der Waals surface area (Å²) in [6.07, 6.45) is -0.0717. The Morgan fingerprint density at radius 2 is 1.71 bits per heavy atom. The SMILES string of the molecule is CC1COCC(CC(=O)C(C)(C)C)N1C(=O)OC(C)(C)C. The monoisotopic (exact) mass is 299 g/mol. The van der Waals surface area contributed by atoms with Gasteiger partial charge in [0, 0.05) is 11.8 Å².